The minimum Gasteiger partial charge on any atom is -0.315 e. The molecule has 1 aromatic heterocycles. The van der Waals surface area contributed by atoms with Crippen molar-refractivity contribution in [1.82, 2.24) is 14.8 Å². The topological polar surface area (TPSA) is 30.7 Å². The van der Waals surface area contributed by atoms with Crippen LogP contribution in [0, 0.1) is 5.92 Å². The van der Waals surface area contributed by atoms with Gasteiger partial charge < -0.3 is 4.57 Å². The minimum absolute atomic E-state index is 0.688. The predicted molar refractivity (Wildman–Crippen MR) is 61.5 cm³/mol. The molecular formula is C10H18BrN3. The maximum absolute atomic E-state index is 4.23. The fraction of sp³-hybridized carbons (Fsp3) is 0.800. The molecule has 0 fully saturated rings. The standard InChI is InChI=1S/C10H18BrN3/c1-4-8(3)6-9-12-13-10(7-11)14(9)5-2/h8H,4-7H2,1-3H3. The minimum atomic E-state index is 0.688. The van der Waals surface area contributed by atoms with Crippen LogP contribution in [0.5, 0.6) is 0 Å². The van der Waals surface area contributed by atoms with E-state index in [-0.39, 0.29) is 0 Å². The Morgan fingerprint density at radius 2 is 1.93 bits per heavy atom. The molecule has 0 aliphatic heterocycles. The molecule has 0 aliphatic carbocycles. The van der Waals surface area contributed by atoms with Crippen molar-refractivity contribution in [2.75, 3.05) is 0 Å². The molecule has 1 atom stereocenters. The van der Waals surface area contributed by atoms with Crippen LogP contribution >= 0.6 is 15.9 Å². The largest absolute Gasteiger partial charge is 0.315 e. The van der Waals surface area contributed by atoms with Gasteiger partial charge in [0.2, 0.25) is 0 Å². The molecule has 3 nitrogen and oxygen atoms in total. The van der Waals surface area contributed by atoms with Crippen molar-refractivity contribution >= 4 is 15.9 Å². The van der Waals surface area contributed by atoms with E-state index in [0.717, 1.165) is 29.9 Å². The first kappa shape index (κ1) is 11.7. The van der Waals surface area contributed by atoms with Crippen LogP contribution in [0.1, 0.15) is 38.8 Å². The van der Waals surface area contributed by atoms with Crippen LogP contribution in [0.15, 0.2) is 0 Å². The van der Waals surface area contributed by atoms with E-state index in [0.29, 0.717) is 5.92 Å². The van der Waals surface area contributed by atoms with Crippen LogP contribution < -0.4 is 0 Å². The molecule has 0 radical (unpaired) electrons. The summed E-state index contributed by atoms with van der Waals surface area (Å²) in [5, 5.41) is 9.17. The Kier molecular flexibility index (Phi) is 4.58. The molecule has 0 N–H and O–H groups in total. The van der Waals surface area contributed by atoms with Crippen LogP contribution in [0.25, 0.3) is 0 Å². The summed E-state index contributed by atoms with van der Waals surface area (Å²) in [4.78, 5) is 0. The molecule has 1 rings (SSSR count). The van der Waals surface area contributed by atoms with Gasteiger partial charge in [0.15, 0.2) is 0 Å². The van der Waals surface area contributed by atoms with E-state index < -0.39 is 0 Å². The van der Waals surface area contributed by atoms with E-state index in [9.17, 15) is 0 Å². The SMILES string of the molecule is CCC(C)Cc1nnc(CBr)n1CC. The second-order valence-electron chi connectivity index (χ2n) is 3.63. The van der Waals surface area contributed by atoms with Gasteiger partial charge in [0.25, 0.3) is 0 Å². The van der Waals surface area contributed by atoms with Gasteiger partial charge in [-0.3, -0.25) is 0 Å². The van der Waals surface area contributed by atoms with E-state index in [1.807, 2.05) is 0 Å². The van der Waals surface area contributed by atoms with Crippen molar-refractivity contribution in [2.24, 2.45) is 5.92 Å². The van der Waals surface area contributed by atoms with E-state index in [4.69, 9.17) is 0 Å². The van der Waals surface area contributed by atoms with Gasteiger partial charge in [-0.25, -0.2) is 0 Å². The molecule has 1 unspecified atom stereocenters. The van der Waals surface area contributed by atoms with Crippen LogP contribution in [0.3, 0.4) is 0 Å². The lowest BCUT2D eigenvalue weighted by Gasteiger charge is -2.09. The van der Waals surface area contributed by atoms with Crippen LogP contribution in [0.2, 0.25) is 0 Å². The third kappa shape index (κ3) is 2.56. The summed E-state index contributed by atoms with van der Waals surface area (Å²) >= 11 is 3.42. The van der Waals surface area contributed by atoms with E-state index in [2.05, 4.69) is 51.5 Å². The molecule has 0 bridgehead atoms. The Hall–Kier alpha value is -0.380. The molecule has 80 valence electrons. The van der Waals surface area contributed by atoms with Crippen molar-refractivity contribution in [1.29, 1.82) is 0 Å². The van der Waals surface area contributed by atoms with Crippen molar-refractivity contribution in [3.05, 3.63) is 11.6 Å². The highest BCUT2D eigenvalue weighted by atomic mass is 79.9. The van der Waals surface area contributed by atoms with Gasteiger partial charge in [0.1, 0.15) is 11.6 Å². The maximum Gasteiger partial charge on any atom is 0.143 e. The summed E-state index contributed by atoms with van der Waals surface area (Å²) in [6.45, 7) is 7.56. The lowest BCUT2D eigenvalue weighted by atomic mass is 10.1. The molecule has 0 saturated heterocycles. The quantitative estimate of drug-likeness (QED) is 0.762. The summed E-state index contributed by atoms with van der Waals surface area (Å²) in [6, 6.07) is 0. The molecule has 0 spiro atoms. The number of hydrogen-bond acceptors (Lipinski definition) is 2. The van der Waals surface area contributed by atoms with Crippen LogP contribution in [-0.2, 0) is 18.3 Å². The highest BCUT2D eigenvalue weighted by Gasteiger charge is 2.11. The second kappa shape index (κ2) is 5.49. The predicted octanol–water partition coefficient (Wildman–Crippen LogP) is 2.78. The maximum atomic E-state index is 4.23. The average molecular weight is 260 g/mol. The van der Waals surface area contributed by atoms with Crippen LogP contribution in [0.4, 0.5) is 0 Å². The van der Waals surface area contributed by atoms with Gasteiger partial charge in [-0.05, 0) is 12.8 Å². The third-order valence-electron chi connectivity index (χ3n) is 2.57. The molecule has 4 heteroatoms. The fourth-order valence-electron chi connectivity index (χ4n) is 1.44. The van der Waals surface area contributed by atoms with Gasteiger partial charge in [-0.1, -0.05) is 36.2 Å². The Labute approximate surface area is 94.0 Å². The normalized spacial score (nSPS) is 13.1. The first-order chi connectivity index (χ1) is 6.72. The Balaban J connectivity index is 2.80. The zero-order valence-corrected chi connectivity index (χ0v) is 10.7. The first-order valence-corrected chi connectivity index (χ1v) is 6.31. The Morgan fingerprint density at radius 1 is 1.29 bits per heavy atom. The molecular weight excluding hydrogens is 242 g/mol. The highest BCUT2D eigenvalue weighted by molar-refractivity contribution is 9.08. The third-order valence-corrected chi connectivity index (χ3v) is 3.07. The zero-order chi connectivity index (χ0) is 10.6. The highest BCUT2D eigenvalue weighted by Crippen LogP contribution is 2.12. The van der Waals surface area contributed by atoms with E-state index in [1.54, 1.807) is 0 Å². The molecule has 0 aliphatic rings. The second-order valence-corrected chi connectivity index (χ2v) is 4.19. The first-order valence-electron chi connectivity index (χ1n) is 5.19. The molecule has 1 aromatic rings. The van der Waals surface area contributed by atoms with Gasteiger partial charge in [0.05, 0.1) is 5.33 Å². The summed E-state index contributed by atoms with van der Waals surface area (Å²) in [7, 11) is 0. The molecule has 14 heavy (non-hydrogen) atoms. The van der Waals surface area contributed by atoms with E-state index >= 15 is 0 Å². The van der Waals surface area contributed by atoms with Crippen molar-refractivity contribution in [3.63, 3.8) is 0 Å². The smallest absolute Gasteiger partial charge is 0.143 e. The van der Waals surface area contributed by atoms with Gasteiger partial charge in [-0.15, -0.1) is 10.2 Å². The van der Waals surface area contributed by atoms with Crippen molar-refractivity contribution in [3.8, 4) is 0 Å². The van der Waals surface area contributed by atoms with Crippen LogP contribution in [-0.4, -0.2) is 14.8 Å². The van der Waals surface area contributed by atoms with Gasteiger partial charge in [-0.2, -0.15) is 0 Å². The summed E-state index contributed by atoms with van der Waals surface area (Å²) in [5.41, 5.74) is 0. The number of alkyl halides is 1. The lowest BCUT2D eigenvalue weighted by molar-refractivity contribution is 0.522. The Bertz CT molecular complexity index is 283. The summed E-state index contributed by atoms with van der Waals surface area (Å²) in [6.07, 6.45) is 2.23. The number of nitrogens with zero attached hydrogens (tertiary/aromatic N) is 3. The molecule has 0 amide bonds. The molecule has 1 heterocycles. The van der Waals surface area contributed by atoms with E-state index in [1.165, 1.54) is 6.42 Å². The summed E-state index contributed by atoms with van der Waals surface area (Å²) in [5.74, 6) is 2.84. The summed E-state index contributed by atoms with van der Waals surface area (Å²) < 4.78 is 2.20. The van der Waals surface area contributed by atoms with Crippen molar-refractivity contribution < 1.29 is 0 Å². The monoisotopic (exact) mass is 259 g/mol. The zero-order valence-electron chi connectivity index (χ0n) is 9.13. The van der Waals surface area contributed by atoms with Gasteiger partial charge in [0, 0.05) is 13.0 Å². The molecule has 0 aromatic carbocycles. The number of halogens is 1. The fourth-order valence-corrected chi connectivity index (χ4v) is 1.86. The van der Waals surface area contributed by atoms with Gasteiger partial charge >= 0.3 is 0 Å². The molecule has 0 saturated carbocycles. The number of hydrogen-bond donors (Lipinski definition) is 0. The average Bonchev–Trinajstić information content (AvgIpc) is 2.59. The Morgan fingerprint density at radius 3 is 2.43 bits per heavy atom. The van der Waals surface area contributed by atoms with Crippen molar-refractivity contribution in [2.45, 2.75) is 45.5 Å². The lowest BCUT2D eigenvalue weighted by Crippen LogP contribution is -2.08. The number of aromatic nitrogens is 3. The number of rotatable bonds is 5.